The van der Waals surface area contributed by atoms with Gasteiger partial charge < -0.3 is 15.7 Å². The normalized spacial score (nSPS) is 26.2. The van der Waals surface area contributed by atoms with Gasteiger partial charge in [-0.3, -0.25) is 4.79 Å². The summed E-state index contributed by atoms with van der Waals surface area (Å²) < 4.78 is 0. The molecule has 76 valence electrons. The average Bonchev–Trinajstić information content (AvgIpc) is 2.13. The molecular weight excluding hydrogens is 168 g/mol. The zero-order valence-corrected chi connectivity index (χ0v) is 8.07. The van der Waals surface area contributed by atoms with E-state index >= 15 is 0 Å². The van der Waals surface area contributed by atoms with Crippen LogP contribution in [0.1, 0.15) is 19.8 Å². The molecule has 0 aromatic carbocycles. The van der Waals surface area contributed by atoms with Crippen LogP contribution < -0.4 is 5.73 Å². The SMILES string of the molecule is CC(CO)CN1CCCC(N)C1=O. The predicted octanol–water partition coefficient (Wildman–Crippen LogP) is -0.435. The Balaban J connectivity index is 2.44. The lowest BCUT2D eigenvalue weighted by atomic mass is 10.0. The third-order valence-electron chi connectivity index (χ3n) is 2.42. The summed E-state index contributed by atoms with van der Waals surface area (Å²) in [6.45, 7) is 3.46. The fourth-order valence-electron chi connectivity index (χ4n) is 1.59. The van der Waals surface area contributed by atoms with E-state index in [1.165, 1.54) is 0 Å². The summed E-state index contributed by atoms with van der Waals surface area (Å²) >= 11 is 0. The average molecular weight is 186 g/mol. The predicted molar refractivity (Wildman–Crippen MR) is 50.0 cm³/mol. The Bertz CT molecular complexity index is 184. The van der Waals surface area contributed by atoms with E-state index < -0.39 is 0 Å². The molecule has 0 saturated carbocycles. The quantitative estimate of drug-likeness (QED) is 0.628. The first kappa shape index (κ1) is 10.5. The van der Waals surface area contributed by atoms with Crippen molar-refractivity contribution in [2.75, 3.05) is 19.7 Å². The van der Waals surface area contributed by atoms with Crippen molar-refractivity contribution in [2.45, 2.75) is 25.8 Å². The Labute approximate surface area is 78.7 Å². The highest BCUT2D eigenvalue weighted by atomic mass is 16.3. The zero-order chi connectivity index (χ0) is 9.84. The highest BCUT2D eigenvalue weighted by molar-refractivity contribution is 5.82. The number of carbonyl (C=O) groups excluding carboxylic acids is 1. The summed E-state index contributed by atoms with van der Waals surface area (Å²) in [6.07, 6.45) is 1.77. The molecule has 0 spiro atoms. The van der Waals surface area contributed by atoms with Gasteiger partial charge in [0.2, 0.25) is 5.91 Å². The number of hydrogen-bond donors (Lipinski definition) is 2. The van der Waals surface area contributed by atoms with Gasteiger partial charge >= 0.3 is 0 Å². The van der Waals surface area contributed by atoms with Crippen molar-refractivity contribution in [3.8, 4) is 0 Å². The van der Waals surface area contributed by atoms with E-state index in [1.807, 2.05) is 6.92 Å². The Hall–Kier alpha value is -0.610. The maximum Gasteiger partial charge on any atom is 0.239 e. The van der Waals surface area contributed by atoms with Crippen LogP contribution in [-0.2, 0) is 4.79 Å². The second-order valence-corrected chi connectivity index (χ2v) is 3.82. The zero-order valence-electron chi connectivity index (χ0n) is 8.07. The van der Waals surface area contributed by atoms with Gasteiger partial charge in [-0.05, 0) is 18.8 Å². The van der Waals surface area contributed by atoms with Gasteiger partial charge in [-0.1, -0.05) is 6.92 Å². The molecule has 2 atom stereocenters. The highest BCUT2D eigenvalue weighted by Crippen LogP contribution is 2.11. The number of nitrogens with zero attached hydrogens (tertiary/aromatic N) is 1. The van der Waals surface area contributed by atoms with Gasteiger partial charge in [-0.2, -0.15) is 0 Å². The Morgan fingerprint density at radius 3 is 3.08 bits per heavy atom. The Morgan fingerprint density at radius 2 is 2.46 bits per heavy atom. The van der Waals surface area contributed by atoms with E-state index in [1.54, 1.807) is 4.90 Å². The number of amides is 1. The molecular formula is C9H18N2O2. The molecule has 2 unspecified atom stereocenters. The van der Waals surface area contributed by atoms with E-state index in [2.05, 4.69) is 0 Å². The molecule has 0 aromatic rings. The first-order valence-electron chi connectivity index (χ1n) is 4.80. The fraction of sp³-hybridized carbons (Fsp3) is 0.889. The van der Waals surface area contributed by atoms with Gasteiger partial charge in [0.1, 0.15) is 0 Å². The van der Waals surface area contributed by atoms with Crippen molar-refractivity contribution in [2.24, 2.45) is 11.7 Å². The monoisotopic (exact) mass is 186 g/mol. The lowest BCUT2D eigenvalue weighted by molar-refractivity contribution is -0.135. The molecule has 1 rings (SSSR count). The molecule has 0 radical (unpaired) electrons. The molecule has 1 aliphatic rings. The number of rotatable bonds is 3. The van der Waals surface area contributed by atoms with Crippen molar-refractivity contribution >= 4 is 5.91 Å². The number of aliphatic hydroxyl groups is 1. The van der Waals surface area contributed by atoms with E-state index in [0.29, 0.717) is 6.54 Å². The summed E-state index contributed by atoms with van der Waals surface area (Å²) in [5.74, 6) is 0.181. The topological polar surface area (TPSA) is 66.6 Å². The van der Waals surface area contributed by atoms with Crippen molar-refractivity contribution in [1.29, 1.82) is 0 Å². The summed E-state index contributed by atoms with van der Waals surface area (Å²) in [5.41, 5.74) is 5.63. The summed E-state index contributed by atoms with van der Waals surface area (Å²) in [5, 5.41) is 8.85. The minimum absolute atomic E-state index is 0.0338. The van der Waals surface area contributed by atoms with Crippen LogP contribution in [0.2, 0.25) is 0 Å². The largest absolute Gasteiger partial charge is 0.396 e. The van der Waals surface area contributed by atoms with Gasteiger partial charge in [0.15, 0.2) is 0 Å². The number of aliphatic hydroxyl groups excluding tert-OH is 1. The number of nitrogens with two attached hydrogens (primary N) is 1. The lowest BCUT2D eigenvalue weighted by Gasteiger charge is -2.32. The van der Waals surface area contributed by atoms with Crippen LogP contribution in [0.15, 0.2) is 0 Å². The second kappa shape index (κ2) is 4.58. The minimum atomic E-state index is -0.320. The first-order valence-corrected chi connectivity index (χ1v) is 4.80. The molecule has 0 aromatic heterocycles. The van der Waals surface area contributed by atoms with Crippen LogP contribution in [0.5, 0.6) is 0 Å². The fourth-order valence-corrected chi connectivity index (χ4v) is 1.59. The van der Waals surface area contributed by atoms with Crippen LogP contribution >= 0.6 is 0 Å². The molecule has 1 fully saturated rings. The summed E-state index contributed by atoms with van der Waals surface area (Å²) in [6, 6.07) is -0.320. The molecule has 4 nitrogen and oxygen atoms in total. The molecule has 1 aliphatic heterocycles. The molecule has 1 amide bonds. The minimum Gasteiger partial charge on any atom is -0.396 e. The standard InChI is InChI=1S/C9H18N2O2/c1-7(6-12)5-11-4-2-3-8(10)9(11)13/h7-8,12H,2-6,10H2,1H3. The van der Waals surface area contributed by atoms with E-state index in [-0.39, 0.29) is 24.5 Å². The van der Waals surface area contributed by atoms with Gasteiger partial charge in [-0.25, -0.2) is 0 Å². The molecule has 1 saturated heterocycles. The van der Waals surface area contributed by atoms with Crippen LogP contribution in [-0.4, -0.2) is 41.7 Å². The van der Waals surface area contributed by atoms with Crippen molar-refractivity contribution in [3.05, 3.63) is 0 Å². The van der Waals surface area contributed by atoms with E-state index in [0.717, 1.165) is 19.4 Å². The number of hydrogen-bond acceptors (Lipinski definition) is 3. The highest BCUT2D eigenvalue weighted by Gasteiger charge is 2.26. The van der Waals surface area contributed by atoms with Crippen LogP contribution in [0.3, 0.4) is 0 Å². The van der Waals surface area contributed by atoms with Crippen LogP contribution in [0.4, 0.5) is 0 Å². The van der Waals surface area contributed by atoms with Crippen molar-refractivity contribution in [3.63, 3.8) is 0 Å². The third-order valence-corrected chi connectivity index (χ3v) is 2.42. The molecule has 0 bridgehead atoms. The number of piperidine rings is 1. The van der Waals surface area contributed by atoms with Gasteiger partial charge in [-0.15, -0.1) is 0 Å². The number of likely N-dealkylation sites (tertiary alicyclic amines) is 1. The summed E-state index contributed by atoms with van der Waals surface area (Å²) in [4.78, 5) is 13.3. The molecule has 1 heterocycles. The van der Waals surface area contributed by atoms with Crippen molar-refractivity contribution < 1.29 is 9.90 Å². The first-order chi connectivity index (χ1) is 6.15. The lowest BCUT2D eigenvalue weighted by Crippen LogP contribution is -2.49. The maximum atomic E-state index is 11.5. The third kappa shape index (κ3) is 2.67. The second-order valence-electron chi connectivity index (χ2n) is 3.82. The van der Waals surface area contributed by atoms with E-state index in [4.69, 9.17) is 10.8 Å². The maximum absolute atomic E-state index is 11.5. The van der Waals surface area contributed by atoms with Gasteiger partial charge in [0.25, 0.3) is 0 Å². The van der Waals surface area contributed by atoms with Gasteiger partial charge in [0, 0.05) is 19.7 Å². The molecule has 13 heavy (non-hydrogen) atoms. The molecule has 3 N–H and O–H groups in total. The summed E-state index contributed by atoms with van der Waals surface area (Å²) in [7, 11) is 0. The molecule has 4 heteroatoms. The van der Waals surface area contributed by atoms with Gasteiger partial charge in [0.05, 0.1) is 6.04 Å². The Kier molecular flexibility index (Phi) is 3.69. The number of carbonyl (C=O) groups is 1. The van der Waals surface area contributed by atoms with Crippen molar-refractivity contribution in [1.82, 2.24) is 4.90 Å². The smallest absolute Gasteiger partial charge is 0.239 e. The van der Waals surface area contributed by atoms with Crippen LogP contribution in [0, 0.1) is 5.92 Å². The Morgan fingerprint density at radius 1 is 1.77 bits per heavy atom. The van der Waals surface area contributed by atoms with Crippen LogP contribution in [0.25, 0.3) is 0 Å². The molecule has 0 aliphatic carbocycles. The van der Waals surface area contributed by atoms with E-state index in [9.17, 15) is 4.79 Å².